The molecule has 25 heavy (non-hydrogen) atoms. The molecule has 136 valence electrons. The number of ether oxygens (including phenoxy) is 1. The first-order valence-electron chi connectivity index (χ1n) is 9.25. The highest BCUT2D eigenvalue weighted by Crippen LogP contribution is 2.25. The van der Waals surface area contributed by atoms with Gasteiger partial charge in [0, 0.05) is 12.1 Å². The number of rotatable bonds is 7. The van der Waals surface area contributed by atoms with Gasteiger partial charge in [-0.15, -0.1) is 0 Å². The third-order valence-electron chi connectivity index (χ3n) is 4.73. The molecule has 5 heteroatoms. The van der Waals surface area contributed by atoms with Crippen LogP contribution in [0.3, 0.4) is 0 Å². The molecule has 0 unspecified atom stereocenters. The molecular weight excluding hydrogens is 316 g/mol. The van der Waals surface area contributed by atoms with E-state index in [1.165, 1.54) is 0 Å². The maximum Gasteiger partial charge on any atom is 0.150 e. The maximum atomic E-state index is 10.7. The lowest BCUT2D eigenvalue weighted by atomic mass is 9.89. The molecule has 0 radical (unpaired) electrons. The molecule has 0 bridgehead atoms. The van der Waals surface area contributed by atoms with Crippen LogP contribution in [0.15, 0.2) is 34.9 Å². The predicted octanol–water partition coefficient (Wildman–Crippen LogP) is 3.39. The molecule has 3 rings (SSSR count). The predicted molar refractivity (Wildman–Crippen MR) is 96.6 cm³/mol. The second kappa shape index (κ2) is 8.50. The normalized spacial score (nSPS) is 23.6. The monoisotopic (exact) mass is 344 g/mol. The minimum atomic E-state index is -0.535. The van der Waals surface area contributed by atoms with E-state index in [2.05, 4.69) is 17.4 Å². The van der Waals surface area contributed by atoms with Gasteiger partial charge in [0.2, 0.25) is 0 Å². The number of benzene rings is 1. The highest BCUT2D eigenvalue weighted by atomic mass is 16.5. The Morgan fingerprint density at radius 2 is 2.20 bits per heavy atom. The second-order valence-corrected chi connectivity index (χ2v) is 6.92. The molecule has 1 fully saturated rings. The molecule has 0 amide bonds. The van der Waals surface area contributed by atoms with Crippen molar-refractivity contribution in [1.29, 1.82) is 0 Å². The van der Waals surface area contributed by atoms with Crippen molar-refractivity contribution < 1.29 is 14.4 Å². The van der Waals surface area contributed by atoms with E-state index < -0.39 is 6.10 Å². The van der Waals surface area contributed by atoms with Gasteiger partial charge in [-0.1, -0.05) is 30.6 Å². The van der Waals surface area contributed by atoms with Crippen LogP contribution in [-0.2, 0) is 13.0 Å². The molecule has 1 aromatic heterocycles. The van der Waals surface area contributed by atoms with E-state index in [1.54, 1.807) is 0 Å². The van der Waals surface area contributed by atoms with Crippen molar-refractivity contribution in [2.24, 2.45) is 0 Å². The highest BCUT2D eigenvalue weighted by Gasteiger charge is 2.33. The molecule has 3 atom stereocenters. The van der Waals surface area contributed by atoms with Gasteiger partial charge < -0.3 is 19.7 Å². The van der Waals surface area contributed by atoms with Gasteiger partial charge in [-0.25, -0.2) is 0 Å². The molecule has 1 aliphatic rings. The Morgan fingerprint density at radius 1 is 1.32 bits per heavy atom. The molecular formula is C20H28N2O3. The van der Waals surface area contributed by atoms with Gasteiger partial charge in [-0.05, 0) is 50.3 Å². The van der Waals surface area contributed by atoms with E-state index in [0.29, 0.717) is 6.54 Å². The molecule has 2 N–H and O–H groups in total. The lowest BCUT2D eigenvalue weighted by molar-refractivity contribution is -0.0162. The fourth-order valence-electron chi connectivity index (χ4n) is 3.40. The molecule has 1 saturated carbocycles. The van der Waals surface area contributed by atoms with E-state index in [4.69, 9.17) is 9.26 Å². The Bertz CT molecular complexity index is 670. The van der Waals surface area contributed by atoms with Crippen molar-refractivity contribution >= 4 is 0 Å². The molecule has 5 nitrogen and oxygen atoms in total. The van der Waals surface area contributed by atoms with E-state index in [9.17, 15) is 5.11 Å². The average molecular weight is 344 g/mol. The summed E-state index contributed by atoms with van der Waals surface area (Å²) in [5.41, 5.74) is 2.15. The fourth-order valence-corrected chi connectivity index (χ4v) is 3.40. The molecule has 0 saturated heterocycles. The first kappa shape index (κ1) is 18.0. The van der Waals surface area contributed by atoms with Crippen LogP contribution in [0.2, 0.25) is 0 Å². The largest absolute Gasteiger partial charge is 0.488 e. The van der Waals surface area contributed by atoms with Crippen LogP contribution in [0.5, 0.6) is 5.75 Å². The third-order valence-corrected chi connectivity index (χ3v) is 4.73. The zero-order valence-corrected chi connectivity index (χ0v) is 15.1. The second-order valence-electron chi connectivity index (χ2n) is 6.92. The summed E-state index contributed by atoms with van der Waals surface area (Å²) in [7, 11) is 0. The zero-order chi connectivity index (χ0) is 17.6. The minimum absolute atomic E-state index is 0.00304. The topological polar surface area (TPSA) is 67.5 Å². The minimum Gasteiger partial charge on any atom is -0.488 e. The van der Waals surface area contributed by atoms with Gasteiger partial charge in [0.25, 0.3) is 0 Å². The summed E-state index contributed by atoms with van der Waals surface area (Å²) in [5.74, 6) is 1.64. The van der Waals surface area contributed by atoms with Crippen molar-refractivity contribution in [2.45, 2.75) is 70.7 Å². The SMILES string of the molecule is CCCc1cc(CN[C@H]2CCC[C@@H](Oc3cccc(C)c3)[C@@H]2O)on1. The quantitative estimate of drug-likeness (QED) is 0.806. The van der Waals surface area contributed by atoms with Crippen LogP contribution in [0.25, 0.3) is 0 Å². The Kier molecular flexibility index (Phi) is 6.10. The summed E-state index contributed by atoms with van der Waals surface area (Å²) < 4.78 is 11.4. The van der Waals surface area contributed by atoms with Crippen LogP contribution in [0.4, 0.5) is 0 Å². The Labute approximate surface area is 149 Å². The van der Waals surface area contributed by atoms with Gasteiger partial charge >= 0.3 is 0 Å². The lowest BCUT2D eigenvalue weighted by Crippen LogP contribution is -2.50. The van der Waals surface area contributed by atoms with Crippen LogP contribution in [-0.4, -0.2) is 28.5 Å². The molecule has 1 aliphatic carbocycles. The number of hydrogen-bond donors (Lipinski definition) is 2. The van der Waals surface area contributed by atoms with E-state index in [1.807, 2.05) is 37.3 Å². The van der Waals surface area contributed by atoms with Crippen molar-refractivity contribution in [3.8, 4) is 5.75 Å². The summed E-state index contributed by atoms with van der Waals surface area (Å²) in [4.78, 5) is 0. The lowest BCUT2D eigenvalue weighted by Gasteiger charge is -2.35. The van der Waals surface area contributed by atoms with Crippen molar-refractivity contribution in [1.82, 2.24) is 10.5 Å². The number of nitrogens with one attached hydrogen (secondary N) is 1. The molecule has 0 spiro atoms. The Hall–Kier alpha value is -1.85. The van der Waals surface area contributed by atoms with Gasteiger partial charge in [-0.3, -0.25) is 0 Å². The van der Waals surface area contributed by atoms with Crippen LogP contribution in [0.1, 0.15) is 49.6 Å². The van der Waals surface area contributed by atoms with Gasteiger partial charge in [0.05, 0.1) is 12.2 Å². The summed E-state index contributed by atoms with van der Waals surface area (Å²) in [6, 6.07) is 9.97. The summed E-state index contributed by atoms with van der Waals surface area (Å²) >= 11 is 0. The van der Waals surface area contributed by atoms with Crippen LogP contribution >= 0.6 is 0 Å². The Morgan fingerprint density at radius 3 is 3.00 bits per heavy atom. The van der Waals surface area contributed by atoms with E-state index in [0.717, 1.165) is 54.9 Å². The van der Waals surface area contributed by atoms with E-state index in [-0.39, 0.29) is 12.1 Å². The summed E-state index contributed by atoms with van der Waals surface area (Å²) in [5, 5.41) is 18.2. The number of aryl methyl sites for hydroxylation is 2. The van der Waals surface area contributed by atoms with Crippen molar-refractivity contribution in [2.75, 3.05) is 0 Å². The van der Waals surface area contributed by atoms with Gasteiger partial charge in [-0.2, -0.15) is 0 Å². The number of nitrogens with zero attached hydrogens (tertiary/aromatic N) is 1. The van der Waals surface area contributed by atoms with Crippen LogP contribution < -0.4 is 10.1 Å². The van der Waals surface area contributed by atoms with E-state index >= 15 is 0 Å². The smallest absolute Gasteiger partial charge is 0.150 e. The maximum absolute atomic E-state index is 10.7. The molecule has 1 aromatic carbocycles. The third kappa shape index (κ3) is 4.83. The summed E-state index contributed by atoms with van der Waals surface area (Å²) in [6.45, 7) is 4.74. The zero-order valence-electron chi connectivity index (χ0n) is 15.1. The molecule has 2 aromatic rings. The van der Waals surface area contributed by atoms with Crippen molar-refractivity contribution in [3.63, 3.8) is 0 Å². The first-order valence-corrected chi connectivity index (χ1v) is 9.25. The van der Waals surface area contributed by atoms with Crippen LogP contribution in [0, 0.1) is 6.92 Å². The first-order chi connectivity index (χ1) is 12.2. The Balaban J connectivity index is 1.55. The fraction of sp³-hybridized carbons (Fsp3) is 0.550. The number of aliphatic hydroxyl groups is 1. The average Bonchev–Trinajstić information content (AvgIpc) is 3.04. The molecule has 0 aliphatic heterocycles. The number of aliphatic hydroxyl groups excluding tert-OH is 1. The highest BCUT2D eigenvalue weighted by molar-refractivity contribution is 5.27. The van der Waals surface area contributed by atoms with Gasteiger partial charge in [0.15, 0.2) is 5.76 Å². The number of hydrogen-bond acceptors (Lipinski definition) is 5. The standard InChI is InChI=1S/C20H28N2O3/c1-3-6-15-12-17(25-22-15)13-21-18-9-5-10-19(20(18)23)24-16-8-4-7-14(2)11-16/h4,7-8,11-12,18-21,23H,3,5-6,9-10,13H2,1-2H3/t18-,19+,20+/m0/s1. The van der Waals surface area contributed by atoms with Crippen molar-refractivity contribution in [3.05, 3.63) is 47.3 Å². The summed E-state index contributed by atoms with van der Waals surface area (Å²) in [6.07, 6.45) is 4.11. The van der Waals surface area contributed by atoms with Gasteiger partial charge in [0.1, 0.15) is 18.0 Å². The number of aromatic nitrogens is 1. The molecule has 1 heterocycles.